The zero-order valence-electron chi connectivity index (χ0n) is 10.0. The van der Waals surface area contributed by atoms with Gasteiger partial charge in [0.05, 0.1) is 11.7 Å². The molecular formula is C12H11F7O. The van der Waals surface area contributed by atoms with Gasteiger partial charge in [-0.05, 0) is 31.0 Å². The molecule has 1 aromatic rings. The number of benzene rings is 1. The van der Waals surface area contributed by atoms with E-state index in [4.69, 9.17) is 0 Å². The summed E-state index contributed by atoms with van der Waals surface area (Å²) in [6.45, 7) is 0. The molecule has 20 heavy (non-hydrogen) atoms. The van der Waals surface area contributed by atoms with Gasteiger partial charge in [0, 0.05) is 12.0 Å². The van der Waals surface area contributed by atoms with Gasteiger partial charge < -0.3 is 5.11 Å². The van der Waals surface area contributed by atoms with E-state index in [1.807, 2.05) is 0 Å². The van der Waals surface area contributed by atoms with E-state index in [1.54, 1.807) is 0 Å². The van der Waals surface area contributed by atoms with Gasteiger partial charge in [0.1, 0.15) is 5.82 Å². The lowest BCUT2D eigenvalue weighted by Gasteiger charge is -2.15. The summed E-state index contributed by atoms with van der Waals surface area (Å²) in [6.07, 6.45) is -13.0. The third-order valence-corrected chi connectivity index (χ3v) is 2.62. The smallest absolute Gasteiger partial charge is 0.388 e. The first-order valence-corrected chi connectivity index (χ1v) is 5.62. The summed E-state index contributed by atoms with van der Waals surface area (Å²) in [7, 11) is 0. The van der Waals surface area contributed by atoms with Crippen LogP contribution in [-0.4, -0.2) is 11.3 Å². The van der Waals surface area contributed by atoms with Crippen LogP contribution in [0, 0.1) is 5.82 Å². The number of halogens is 7. The Balaban J connectivity index is 2.79. The molecule has 0 aromatic heterocycles. The van der Waals surface area contributed by atoms with Gasteiger partial charge in [-0.25, -0.2) is 4.39 Å². The van der Waals surface area contributed by atoms with Gasteiger partial charge in [-0.2, -0.15) is 26.3 Å². The van der Waals surface area contributed by atoms with E-state index < -0.39 is 54.7 Å². The van der Waals surface area contributed by atoms with Crippen LogP contribution in [0.3, 0.4) is 0 Å². The Morgan fingerprint density at radius 3 is 2.15 bits per heavy atom. The molecule has 114 valence electrons. The maximum absolute atomic E-state index is 13.3. The molecule has 1 N–H and O–H groups in total. The number of aliphatic hydroxyl groups is 1. The van der Waals surface area contributed by atoms with Crippen LogP contribution >= 0.6 is 0 Å². The zero-order valence-corrected chi connectivity index (χ0v) is 10.0. The Morgan fingerprint density at radius 2 is 1.65 bits per heavy atom. The average molecular weight is 304 g/mol. The molecule has 0 saturated heterocycles. The molecule has 8 heteroatoms. The number of hydrogen-bond acceptors (Lipinski definition) is 1. The highest BCUT2D eigenvalue weighted by Crippen LogP contribution is 2.33. The molecule has 1 atom stereocenters. The molecule has 0 aliphatic heterocycles. The summed E-state index contributed by atoms with van der Waals surface area (Å²) in [6, 6.07) is 1.44. The van der Waals surface area contributed by atoms with Crippen LogP contribution < -0.4 is 0 Å². The minimum atomic E-state index is -4.71. The van der Waals surface area contributed by atoms with Crippen molar-refractivity contribution in [3.8, 4) is 0 Å². The Bertz CT molecular complexity index is 450. The van der Waals surface area contributed by atoms with Crippen LogP contribution in [0.4, 0.5) is 30.7 Å². The lowest BCUT2D eigenvalue weighted by atomic mass is 10.0. The van der Waals surface area contributed by atoms with Gasteiger partial charge in [0.2, 0.25) is 0 Å². The van der Waals surface area contributed by atoms with Gasteiger partial charge in [0.15, 0.2) is 0 Å². The number of alkyl halides is 6. The fraction of sp³-hybridized carbons (Fsp3) is 0.500. The van der Waals surface area contributed by atoms with E-state index in [1.165, 1.54) is 0 Å². The summed E-state index contributed by atoms with van der Waals surface area (Å²) >= 11 is 0. The summed E-state index contributed by atoms with van der Waals surface area (Å²) in [4.78, 5) is 0. The molecule has 1 rings (SSSR count). The maximum Gasteiger partial charge on any atom is 0.416 e. The van der Waals surface area contributed by atoms with Crippen molar-refractivity contribution < 1.29 is 35.8 Å². The summed E-state index contributed by atoms with van der Waals surface area (Å²) in [5.41, 5.74) is -1.81. The molecule has 1 unspecified atom stereocenters. The van der Waals surface area contributed by atoms with Crippen LogP contribution in [0.25, 0.3) is 0 Å². The lowest BCUT2D eigenvalue weighted by molar-refractivity contribution is -0.137. The summed E-state index contributed by atoms with van der Waals surface area (Å²) < 4.78 is 86.3. The molecule has 1 nitrogen and oxygen atoms in total. The van der Waals surface area contributed by atoms with E-state index in [-0.39, 0.29) is 0 Å². The summed E-state index contributed by atoms with van der Waals surface area (Å²) in [5.74, 6) is -1.09. The third kappa shape index (κ3) is 4.99. The SMILES string of the molecule is OC(CCCC(F)(F)F)c1cc(C(F)(F)F)ccc1F. The zero-order chi connectivity index (χ0) is 15.6. The Kier molecular flexibility index (Phi) is 5.01. The van der Waals surface area contributed by atoms with E-state index in [2.05, 4.69) is 0 Å². The molecule has 0 amide bonds. The van der Waals surface area contributed by atoms with E-state index in [9.17, 15) is 35.8 Å². The summed E-state index contributed by atoms with van der Waals surface area (Å²) in [5, 5.41) is 9.51. The number of rotatable bonds is 4. The Hall–Kier alpha value is -1.31. The van der Waals surface area contributed by atoms with Crippen molar-refractivity contribution >= 4 is 0 Å². The maximum atomic E-state index is 13.3. The normalized spacial score (nSPS) is 14.4. The van der Waals surface area contributed by atoms with E-state index >= 15 is 0 Å². The van der Waals surface area contributed by atoms with Crippen LogP contribution in [0.15, 0.2) is 18.2 Å². The van der Waals surface area contributed by atoms with Gasteiger partial charge in [-0.15, -0.1) is 0 Å². The van der Waals surface area contributed by atoms with Gasteiger partial charge in [-0.1, -0.05) is 0 Å². The van der Waals surface area contributed by atoms with Crippen molar-refractivity contribution in [2.75, 3.05) is 0 Å². The fourth-order valence-corrected chi connectivity index (χ4v) is 1.63. The van der Waals surface area contributed by atoms with E-state index in [0.717, 1.165) is 0 Å². The van der Waals surface area contributed by atoms with Crippen LogP contribution in [0.5, 0.6) is 0 Å². The van der Waals surface area contributed by atoms with Crippen molar-refractivity contribution in [2.45, 2.75) is 37.7 Å². The molecule has 0 aliphatic carbocycles. The van der Waals surface area contributed by atoms with Crippen LogP contribution in [0.1, 0.15) is 36.5 Å². The highest BCUT2D eigenvalue weighted by molar-refractivity contribution is 5.28. The second-order valence-corrected chi connectivity index (χ2v) is 4.26. The van der Waals surface area contributed by atoms with Crippen molar-refractivity contribution in [1.29, 1.82) is 0 Å². The molecule has 1 aromatic carbocycles. The minimum Gasteiger partial charge on any atom is -0.388 e. The second-order valence-electron chi connectivity index (χ2n) is 4.26. The molecule has 0 bridgehead atoms. The standard InChI is InChI=1S/C12H11F7O/c13-9-4-3-7(12(17,18)19)6-8(9)10(20)2-1-5-11(14,15)16/h3-4,6,10,20H,1-2,5H2. The van der Waals surface area contributed by atoms with E-state index in [0.29, 0.717) is 18.2 Å². The largest absolute Gasteiger partial charge is 0.416 e. The highest BCUT2D eigenvalue weighted by Gasteiger charge is 2.32. The lowest BCUT2D eigenvalue weighted by Crippen LogP contribution is -2.10. The van der Waals surface area contributed by atoms with Crippen molar-refractivity contribution in [2.24, 2.45) is 0 Å². The van der Waals surface area contributed by atoms with Gasteiger partial charge in [0.25, 0.3) is 0 Å². The molecule has 0 fully saturated rings. The Labute approximate surface area is 110 Å². The molecule has 0 saturated carbocycles. The molecule has 0 spiro atoms. The number of aliphatic hydroxyl groups excluding tert-OH is 1. The highest BCUT2D eigenvalue weighted by atomic mass is 19.4. The minimum absolute atomic E-state index is 0.410. The predicted molar refractivity (Wildman–Crippen MR) is 56.3 cm³/mol. The molecule has 0 aliphatic rings. The Morgan fingerprint density at radius 1 is 1.05 bits per heavy atom. The first kappa shape index (κ1) is 16.7. The quantitative estimate of drug-likeness (QED) is 0.805. The molecular weight excluding hydrogens is 293 g/mol. The monoisotopic (exact) mass is 304 g/mol. The van der Waals surface area contributed by atoms with Crippen LogP contribution in [0.2, 0.25) is 0 Å². The van der Waals surface area contributed by atoms with Crippen molar-refractivity contribution in [3.63, 3.8) is 0 Å². The third-order valence-electron chi connectivity index (χ3n) is 2.62. The van der Waals surface area contributed by atoms with Crippen LogP contribution in [-0.2, 0) is 6.18 Å². The van der Waals surface area contributed by atoms with Crippen molar-refractivity contribution in [1.82, 2.24) is 0 Å². The average Bonchev–Trinajstić information content (AvgIpc) is 2.25. The fourth-order valence-electron chi connectivity index (χ4n) is 1.63. The molecule has 0 heterocycles. The van der Waals surface area contributed by atoms with Gasteiger partial charge >= 0.3 is 12.4 Å². The first-order valence-electron chi connectivity index (χ1n) is 5.62. The topological polar surface area (TPSA) is 20.2 Å². The van der Waals surface area contributed by atoms with Gasteiger partial charge in [-0.3, -0.25) is 0 Å². The second kappa shape index (κ2) is 5.99. The van der Waals surface area contributed by atoms with Crippen molar-refractivity contribution in [3.05, 3.63) is 35.1 Å². The predicted octanol–water partition coefficient (Wildman–Crippen LogP) is 4.61. The number of hydrogen-bond donors (Lipinski definition) is 1. The first-order chi connectivity index (χ1) is 9.00. The molecule has 0 radical (unpaired) electrons.